The molecule has 0 radical (unpaired) electrons. The molecule has 0 spiro atoms. The number of halogens is 2. The maximum absolute atomic E-state index is 14.0. The number of hydrogen-bond donors (Lipinski definition) is 0. The minimum atomic E-state index is -0.941. The second-order valence-corrected chi connectivity index (χ2v) is 6.66. The Balaban J connectivity index is 1.91. The van der Waals surface area contributed by atoms with E-state index in [9.17, 15) is 8.78 Å². The van der Waals surface area contributed by atoms with E-state index in [1.165, 1.54) is 50.7 Å². The van der Waals surface area contributed by atoms with Crippen molar-refractivity contribution in [2.75, 3.05) is 6.61 Å². The van der Waals surface area contributed by atoms with Gasteiger partial charge in [0.15, 0.2) is 11.6 Å². The number of unbranched alkanes of at least 4 members (excludes halogenated alkanes) is 2. The summed E-state index contributed by atoms with van der Waals surface area (Å²) >= 11 is 0. The van der Waals surface area contributed by atoms with Crippen molar-refractivity contribution in [1.82, 2.24) is 0 Å². The predicted molar refractivity (Wildman–Crippen MR) is 94.0 cm³/mol. The zero-order valence-corrected chi connectivity index (χ0v) is 14.8. The molecule has 0 aliphatic heterocycles. The van der Waals surface area contributed by atoms with E-state index in [2.05, 4.69) is 18.8 Å². The Kier molecular flexibility index (Phi) is 7.56. The standard InChI is InChI=1S/C21H28F2O/c1-3-5-6-7-16-8-10-17(11-9-16)12-13-18-14-15-19(24-4-2)21(23)20(18)22/h14-17H,3-11H2,1-2H3/t16-,17-. The summed E-state index contributed by atoms with van der Waals surface area (Å²) in [5.74, 6) is 5.23. The fraction of sp³-hybridized carbons (Fsp3) is 0.619. The molecule has 3 heteroatoms. The summed E-state index contributed by atoms with van der Waals surface area (Å²) in [6, 6.07) is 2.96. The van der Waals surface area contributed by atoms with E-state index in [0.29, 0.717) is 12.5 Å². The lowest BCUT2D eigenvalue weighted by molar-refractivity contribution is 0.294. The Morgan fingerprint density at radius 3 is 2.46 bits per heavy atom. The third-order valence-corrected chi connectivity index (χ3v) is 4.82. The van der Waals surface area contributed by atoms with Crippen molar-refractivity contribution in [3.63, 3.8) is 0 Å². The van der Waals surface area contributed by atoms with Gasteiger partial charge in [-0.2, -0.15) is 4.39 Å². The van der Waals surface area contributed by atoms with Gasteiger partial charge in [0.2, 0.25) is 5.82 Å². The smallest absolute Gasteiger partial charge is 0.201 e. The van der Waals surface area contributed by atoms with E-state index in [1.807, 2.05) is 0 Å². The molecule has 1 saturated carbocycles. The van der Waals surface area contributed by atoms with Gasteiger partial charge in [0.25, 0.3) is 0 Å². The van der Waals surface area contributed by atoms with E-state index in [-0.39, 0.29) is 11.3 Å². The molecule has 0 saturated heterocycles. The first kappa shape index (κ1) is 18.8. The van der Waals surface area contributed by atoms with E-state index in [0.717, 1.165) is 18.8 Å². The first-order valence-electron chi connectivity index (χ1n) is 9.28. The molecule has 1 aliphatic rings. The Morgan fingerprint density at radius 1 is 1.04 bits per heavy atom. The third-order valence-electron chi connectivity index (χ3n) is 4.82. The summed E-state index contributed by atoms with van der Waals surface area (Å²) in [5, 5.41) is 0. The number of ether oxygens (including phenoxy) is 1. The van der Waals surface area contributed by atoms with Crippen LogP contribution in [0, 0.1) is 35.3 Å². The van der Waals surface area contributed by atoms with Crippen LogP contribution in [0.4, 0.5) is 8.78 Å². The average Bonchev–Trinajstić information content (AvgIpc) is 2.60. The molecule has 1 aliphatic carbocycles. The molecular formula is C21H28F2O. The molecule has 132 valence electrons. The van der Waals surface area contributed by atoms with Gasteiger partial charge in [-0.05, 0) is 50.7 Å². The van der Waals surface area contributed by atoms with Crippen molar-refractivity contribution in [3.05, 3.63) is 29.3 Å². The number of rotatable bonds is 6. The number of hydrogen-bond acceptors (Lipinski definition) is 1. The monoisotopic (exact) mass is 334 g/mol. The van der Waals surface area contributed by atoms with Crippen LogP contribution in [0.1, 0.15) is 70.8 Å². The lowest BCUT2D eigenvalue weighted by Crippen LogP contribution is -2.13. The second-order valence-electron chi connectivity index (χ2n) is 6.66. The van der Waals surface area contributed by atoms with E-state index < -0.39 is 11.6 Å². The highest BCUT2D eigenvalue weighted by Crippen LogP contribution is 2.32. The van der Waals surface area contributed by atoms with E-state index in [4.69, 9.17) is 4.74 Å². The normalized spacial score (nSPS) is 20.3. The van der Waals surface area contributed by atoms with Crippen molar-refractivity contribution < 1.29 is 13.5 Å². The van der Waals surface area contributed by atoms with E-state index in [1.54, 1.807) is 6.92 Å². The van der Waals surface area contributed by atoms with Gasteiger partial charge in [0.1, 0.15) is 0 Å². The van der Waals surface area contributed by atoms with Gasteiger partial charge in [-0.15, -0.1) is 0 Å². The molecule has 2 rings (SSSR count). The van der Waals surface area contributed by atoms with E-state index >= 15 is 0 Å². The van der Waals surface area contributed by atoms with Crippen molar-refractivity contribution in [3.8, 4) is 17.6 Å². The Labute approximate surface area is 144 Å². The van der Waals surface area contributed by atoms with Crippen LogP contribution in [-0.2, 0) is 0 Å². The Morgan fingerprint density at radius 2 is 1.79 bits per heavy atom. The fourth-order valence-corrected chi connectivity index (χ4v) is 3.35. The summed E-state index contributed by atoms with van der Waals surface area (Å²) in [4.78, 5) is 0. The summed E-state index contributed by atoms with van der Waals surface area (Å²) in [6.45, 7) is 4.28. The van der Waals surface area contributed by atoms with Gasteiger partial charge in [0, 0.05) is 5.92 Å². The quantitative estimate of drug-likeness (QED) is 0.451. The third kappa shape index (κ3) is 5.23. The minimum absolute atomic E-state index is 0.0480. The van der Waals surface area contributed by atoms with Crippen molar-refractivity contribution in [2.45, 2.75) is 65.2 Å². The average molecular weight is 334 g/mol. The molecule has 24 heavy (non-hydrogen) atoms. The zero-order chi connectivity index (χ0) is 17.4. The first-order chi connectivity index (χ1) is 11.7. The van der Waals surface area contributed by atoms with Crippen LogP contribution in [0.15, 0.2) is 12.1 Å². The minimum Gasteiger partial charge on any atom is -0.491 e. The SMILES string of the molecule is CCCCC[C@H]1CC[C@H](C#Cc2ccc(OCC)c(F)c2F)CC1. The molecule has 0 amide bonds. The highest BCUT2D eigenvalue weighted by atomic mass is 19.2. The molecule has 1 fully saturated rings. The molecule has 0 atom stereocenters. The van der Waals surface area contributed by atoms with Crippen LogP contribution in [0.2, 0.25) is 0 Å². The maximum Gasteiger partial charge on any atom is 0.201 e. The highest BCUT2D eigenvalue weighted by molar-refractivity contribution is 5.41. The molecule has 0 N–H and O–H groups in total. The summed E-state index contributed by atoms with van der Waals surface area (Å²) in [5.41, 5.74) is 0.126. The maximum atomic E-state index is 14.0. The molecule has 0 heterocycles. The zero-order valence-electron chi connectivity index (χ0n) is 14.8. The Hall–Kier alpha value is -1.56. The lowest BCUT2D eigenvalue weighted by atomic mass is 9.80. The fourth-order valence-electron chi connectivity index (χ4n) is 3.35. The largest absolute Gasteiger partial charge is 0.491 e. The summed E-state index contributed by atoms with van der Waals surface area (Å²) in [6.07, 6.45) is 9.82. The van der Waals surface area contributed by atoms with Gasteiger partial charge >= 0.3 is 0 Å². The van der Waals surface area contributed by atoms with Gasteiger partial charge in [-0.25, -0.2) is 4.39 Å². The Bertz CT molecular complexity index is 577. The van der Waals surface area contributed by atoms with Crippen LogP contribution in [0.25, 0.3) is 0 Å². The lowest BCUT2D eigenvalue weighted by Gasteiger charge is -2.25. The van der Waals surface area contributed by atoms with Crippen LogP contribution >= 0.6 is 0 Å². The van der Waals surface area contributed by atoms with Gasteiger partial charge in [-0.1, -0.05) is 44.4 Å². The van der Waals surface area contributed by atoms with Crippen molar-refractivity contribution >= 4 is 0 Å². The topological polar surface area (TPSA) is 9.23 Å². The summed E-state index contributed by atoms with van der Waals surface area (Å²) < 4.78 is 32.9. The van der Waals surface area contributed by atoms with Crippen molar-refractivity contribution in [1.29, 1.82) is 0 Å². The van der Waals surface area contributed by atoms with Crippen LogP contribution < -0.4 is 4.74 Å². The molecule has 1 nitrogen and oxygen atoms in total. The number of benzene rings is 1. The van der Waals surface area contributed by atoms with Crippen LogP contribution in [-0.4, -0.2) is 6.61 Å². The van der Waals surface area contributed by atoms with Crippen LogP contribution in [0.5, 0.6) is 5.75 Å². The van der Waals surface area contributed by atoms with Gasteiger partial charge < -0.3 is 4.74 Å². The predicted octanol–water partition coefficient (Wildman–Crippen LogP) is 6.10. The molecule has 1 aromatic rings. The molecular weight excluding hydrogens is 306 g/mol. The van der Waals surface area contributed by atoms with Crippen LogP contribution in [0.3, 0.4) is 0 Å². The van der Waals surface area contributed by atoms with Gasteiger partial charge in [0.05, 0.1) is 12.2 Å². The molecule has 0 aromatic heterocycles. The first-order valence-corrected chi connectivity index (χ1v) is 9.28. The highest BCUT2D eigenvalue weighted by Gasteiger charge is 2.19. The molecule has 1 aromatic carbocycles. The summed E-state index contributed by atoms with van der Waals surface area (Å²) in [7, 11) is 0. The van der Waals surface area contributed by atoms with Gasteiger partial charge in [-0.3, -0.25) is 0 Å². The second kappa shape index (κ2) is 9.67. The van der Waals surface area contributed by atoms with Crippen molar-refractivity contribution in [2.24, 2.45) is 11.8 Å². The molecule has 0 bridgehead atoms. The molecule has 0 unspecified atom stereocenters.